The molecule has 1 N–H and O–H groups in total. The van der Waals surface area contributed by atoms with Gasteiger partial charge in [0.25, 0.3) is 11.6 Å². The summed E-state index contributed by atoms with van der Waals surface area (Å²) in [6.45, 7) is 3.79. The van der Waals surface area contributed by atoms with Gasteiger partial charge in [-0.1, -0.05) is 6.92 Å². The number of hydrogen-bond acceptors (Lipinski definition) is 7. The maximum Gasteiger partial charge on any atom is 0.345 e. The summed E-state index contributed by atoms with van der Waals surface area (Å²) in [5, 5.41) is 13.7. The summed E-state index contributed by atoms with van der Waals surface area (Å²) in [4.78, 5) is 34.0. The van der Waals surface area contributed by atoms with Crippen molar-refractivity contribution >= 4 is 17.6 Å². The molecule has 0 aromatic heterocycles. The van der Waals surface area contributed by atoms with E-state index in [0.717, 1.165) is 18.6 Å². The van der Waals surface area contributed by atoms with Crippen molar-refractivity contribution < 1.29 is 28.7 Å². The van der Waals surface area contributed by atoms with Crippen molar-refractivity contribution in [3.63, 3.8) is 0 Å². The van der Waals surface area contributed by atoms with Crippen LogP contribution in [0.25, 0.3) is 0 Å². The first-order valence-electron chi connectivity index (χ1n) is 7.37. The van der Waals surface area contributed by atoms with Gasteiger partial charge in [-0.05, 0) is 13.3 Å². The van der Waals surface area contributed by atoms with Crippen LogP contribution in [0.2, 0.25) is 0 Å². The van der Waals surface area contributed by atoms with Crippen LogP contribution < -0.4 is 14.8 Å². The maximum absolute atomic E-state index is 12.1. The van der Waals surface area contributed by atoms with Gasteiger partial charge in [0, 0.05) is 12.6 Å². The predicted octanol–water partition coefficient (Wildman–Crippen LogP) is 1.69. The first-order valence-corrected chi connectivity index (χ1v) is 7.37. The van der Waals surface area contributed by atoms with Gasteiger partial charge in [-0.2, -0.15) is 0 Å². The van der Waals surface area contributed by atoms with Crippen molar-refractivity contribution in [1.82, 2.24) is 5.32 Å². The summed E-state index contributed by atoms with van der Waals surface area (Å²) in [5.74, 6) is -1.17. The molecule has 0 atom stereocenters. The van der Waals surface area contributed by atoms with Crippen molar-refractivity contribution in [2.75, 3.05) is 26.9 Å². The summed E-state index contributed by atoms with van der Waals surface area (Å²) >= 11 is 0. The molecule has 0 radical (unpaired) electrons. The standard InChI is InChI=1S/C15H20N2O7/c1-4-6-16-14(18)9-24-15(19)10-7-12(22-3)13(23-5-2)8-11(10)17(20)21/h7-8H,4-6,9H2,1-3H3,(H,16,18). The highest BCUT2D eigenvalue weighted by Crippen LogP contribution is 2.35. The number of esters is 1. The maximum atomic E-state index is 12.1. The van der Waals surface area contributed by atoms with Crippen LogP contribution in [0.15, 0.2) is 12.1 Å². The van der Waals surface area contributed by atoms with E-state index in [-0.39, 0.29) is 23.7 Å². The summed E-state index contributed by atoms with van der Waals surface area (Å²) in [6.07, 6.45) is 0.737. The lowest BCUT2D eigenvalue weighted by atomic mass is 10.1. The molecule has 1 rings (SSSR count). The van der Waals surface area contributed by atoms with E-state index in [4.69, 9.17) is 14.2 Å². The first-order chi connectivity index (χ1) is 11.4. The number of methoxy groups -OCH3 is 1. The second-order valence-corrected chi connectivity index (χ2v) is 4.64. The molecule has 0 aliphatic heterocycles. The van der Waals surface area contributed by atoms with Crippen molar-refractivity contribution in [2.45, 2.75) is 20.3 Å². The Morgan fingerprint density at radius 3 is 2.50 bits per heavy atom. The first kappa shape index (κ1) is 19.2. The van der Waals surface area contributed by atoms with Crippen molar-refractivity contribution in [3.8, 4) is 11.5 Å². The van der Waals surface area contributed by atoms with Crippen LogP contribution in [0, 0.1) is 10.1 Å². The zero-order valence-corrected chi connectivity index (χ0v) is 13.8. The van der Waals surface area contributed by atoms with Crippen molar-refractivity contribution in [2.24, 2.45) is 0 Å². The quantitative estimate of drug-likeness (QED) is 0.413. The number of benzene rings is 1. The van der Waals surface area contributed by atoms with E-state index >= 15 is 0 Å². The largest absolute Gasteiger partial charge is 0.493 e. The molecular weight excluding hydrogens is 320 g/mol. The molecule has 0 heterocycles. The van der Waals surface area contributed by atoms with Crippen LogP contribution in [-0.4, -0.2) is 43.7 Å². The van der Waals surface area contributed by atoms with Gasteiger partial charge >= 0.3 is 5.97 Å². The number of nitrogens with one attached hydrogen (secondary N) is 1. The van der Waals surface area contributed by atoms with Crippen molar-refractivity contribution in [1.29, 1.82) is 0 Å². The number of nitrogens with zero attached hydrogens (tertiary/aromatic N) is 1. The lowest BCUT2D eigenvalue weighted by molar-refractivity contribution is -0.385. The number of carbonyl (C=O) groups excluding carboxylic acids is 2. The Balaban J connectivity index is 3.01. The number of hydrogen-bond donors (Lipinski definition) is 1. The minimum atomic E-state index is -0.991. The predicted molar refractivity (Wildman–Crippen MR) is 84.4 cm³/mol. The van der Waals surface area contributed by atoms with Gasteiger partial charge in [-0.25, -0.2) is 4.79 Å². The number of rotatable bonds is 9. The van der Waals surface area contributed by atoms with E-state index in [1.54, 1.807) is 6.92 Å². The SMILES string of the molecule is CCCNC(=O)COC(=O)c1cc(OC)c(OCC)cc1[N+](=O)[O-]. The molecule has 0 fully saturated rings. The lowest BCUT2D eigenvalue weighted by Gasteiger charge is -2.11. The summed E-state index contributed by atoms with van der Waals surface area (Å²) in [5.41, 5.74) is -0.804. The molecule has 1 aromatic carbocycles. The molecule has 0 aliphatic rings. The highest BCUT2D eigenvalue weighted by Gasteiger charge is 2.26. The third-order valence-corrected chi connectivity index (χ3v) is 2.90. The Morgan fingerprint density at radius 2 is 1.96 bits per heavy atom. The van der Waals surface area contributed by atoms with E-state index in [1.165, 1.54) is 7.11 Å². The van der Waals surface area contributed by atoms with E-state index in [9.17, 15) is 19.7 Å². The Bertz CT molecular complexity index is 616. The van der Waals surface area contributed by atoms with Gasteiger partial charge in [0.15, 0.2) is 18.1 Å². The highest BCUT2D eigenvalue weighted by molar-refractivity contribution is 5.96. The smallest absolute Gasteiger partial charge is 0.345 e. The molecule has 0 spiro atoms. The van der Waals surface area contributed by atoms with Crippen LogP contribution in [0.5, 0.6) is 11.5 Å². The Hall–Kier alpha value is -2.84. The fraction of sp³-hybridized carbons (Fsp3) is 0.467. The Kier molecular flexibility index (Phi) is 7.47. The molecule has 0 saturated heterocycles. The second kappa shape index (κ2) is 9.33. The average Bonchev–Trinajstić information content (AvgIpc) is 2.57. The molecule has 9 heteroatoms. The molecule has 24 heavy (non-hydrogen) atoms. The third kappa shape index (κ3) is 5.11. The summed E-state index contributed by atoms with van der Waals surface area (Å²) in [7, 11) is 1.34. The molecule has 1 aromatic rings. The minimum absolute atomic E-state index is 0.143. The van der Waals surface area contributed by atoms with Crippen molar-refractivity contribution in [3.05, 3.63) is 27.8 Å². The van der Waals surface area contributed by atoms with Crippen LogP contribution in [0.1, 0.15) is 30.6 Å². The summed E-state index contributed by atoms with van der Waals surface area (Å²) < 4.78 is 15.1. The van der Waals surface area contributed by atoms with Gasteiger partial charge in [-0.15, -0.1) is 0 Å². The molecule has 0 saturated carbocycles. The second-order valence-electron chi connectivity index (χ2n) is 4.64. The zero-order valence-electron chi connectivity index (χ0n) is 13.8. The molecule has 0 unspecified atom stereocenters. The van der Waals surface area contributed by atoms with Gasteiger partial charge < -0.3 is 19.5 Å². The number of ether oxygens (including phenoxy) is 3. The fourth-order valence-electron chi connectivity index (χ4n) is 1.82. The fourth-order valence-corrected chi connectivity index (χ4v) is 1.82. The molecular formula is C15H20N2O7. The van der Waals surface area contributed by atoms with Gasteiger partial charge in [-0.3, -0.25) is 14.9 Å². The number of nitro groups is 1. The normalized spacial score (nSPS) is 9.96. The number of amides is 1. The van der Waals surface area contributed by atoms with Crippen LogP contribution in [0.4, 0.5) is 5.69 Å². The average molecular weight is 340 g/mol. The molecule has 132 valence electrons. The monoisotopic (exact) mass is 340 g/mol. The molecule has 0 bridgehead atoms. The van der Waals surface area contributed by atoms with Gasteiger partial charge in [0.05, 0.1) is 24.7 Å². The van der Waals surface area contributed by atoms with E-state index in [2.05, 4.69) is 5.32 Å². The van der Waals surface area contributed by atoms with E-state index in [0.29, 0.717) is 6.54 Å². The summed E-state index contributed by atoms with van der Waals surface area (Å²) in [6, 6.07) is 2.26. The van der Waals surface area contributed by atoms with Gasteiger partial charge in [0.2, 0.25) is 0 Å². The third-order valence-electron chi connectivity index (χ3n) is 2.90. The van der Waals surface area contributed by atoms with Crippen LogP contribution >= 0.6 is 0 Å². The zero-order chi connectivity index (χ0) is 18.1. The topological polar surface area (TPSA) is 117 Å². The Morgan fingerprint density at radius 1 is 1.25 bits per heavy atom. The molecule has 1 amide bonds. The van der Waals surface area contributed by atoms with Gasteiger partial charge in [0.1, 0.15) is 5.56 Å². The highest BCUT2D eigenvalue weighted by atomic mass is 16.6. The number of carbonyl (C=O) groups is 2. The molecule has 0 aliphatic carbocycles. The lowest BCUT2D eigenvalue weighted by Crippen LogP contribution is -2.29. The Labute approximate surface area is 139 Å². The number of nitro benzene ring substituents is 1. The van der Waals surface area contributed by atoms with Crippen LogP contribution in [-0.2, 0) is 9.53 Å². The minimum Gasteiger partial charge on any atom is -0.493 e. The van der Waals surface area contributed by atoms with E-state index in [1.807, 2.05) is 6.92 Å². The molecule has 9 nitrogen and oxygen atoms in total. The van der Waals surface area contributed by atoms with E-state index < -0.39 is 29.1 Å². The van der Waals surface area contributed by atoms with Crippen LogP contribution in [0.3, 0.4) is 0 Å².